The van der Waals surface area contributed by atoms with Gasteiger partial charge in [-0.05, 0) is 37.7 Å². The minimum Gasteiger partial charge on any atom is -0.369 e. The van der Waals surface area contributed by atoms with Crippen molar-refractivity contribution in [2.24, 2.45) is 5.73 Å². The van der Waals surface area contributed by atoms with Gasteiger partial charge in [-0.3, -0.25) is 4.79 Å². The third-order valence-electron chi connectivity index (χ3n) is 4.61. The lowest BCUT2D eigenvalue weighted by atomic mass is 9.94. The van der Waals surface area contributed by atoms with Gasteiger partial charge in [0, 0.05) is 31.0 Å². The van der Waals surface area contributed by atoms with Gasteiger partial charge in [0.2, 0.25) is 11.9 Å². The van der Waals surface area contributed by atoms with Crippen molar-refractivity contribution < 1.29 is 4.79 Å². The number of primary amides is 1. The number of aromatic nitrogens is 2. The molecule has 0 bridgehead atoms. The molecule has 3 rings (SSSR count). The maximum absolute atomic E-state index is 11.9. The van der Waals surface area contributed by atoms with Gasteiger partial charge >= 0.3 is 0 Å². The van der Waals surface area contributed by atoms with E-state index in [9.17, 15) is 4.79 Å². The fourth-order valence-electron chi connectivity index (χ4n) is 3.20. The van der Waals surface area contributed by atoms with E-state index in [4.69, 9.17) is 5.73 Å². The predicted octanol–water partition coefficient (Wildman–Crippen LogP) is 2.67. The van der Waals surface area contributed by atoms with Crippen molar-refractivity contribution in [1.82, 2.24) is 9.97 Å². The molecule has 1 aromatic carbocycles. The smallest absolute Gasteiger partial charge is 0.225 e. The molecule has 2 heterocycles. The number of aryl methyl sites for hydroxylation is 1. The Kier molecular flexibility index (Phi) is 5.41. The quantitative estimate of drug-likeness (QED) is 0.886. The fraction of sp³-hybridized carbons (Fsp3) is 0.421. The number of carbonyl (C=O) groups excluding carboxylic acids is 1. The molecule has 0 spiro atoms. The third-order valence-corrected chi connectivity index (χ3v) is 4.61. The van der Waals surface area contributed by atoms with Gasteiger partial charge in [0.25, 0.3) is 0 Å². The summed E-state index contributed by atoms with van der Waals surface area (Å²) in [7, 11) is 0. The maximum atomic E-state index is 11.9. The van der Waals surface area contributed by atoms with E-state index in [1.54, 1.807) is 12.4 Å². The van der Waals surface area contributed by atoms with Gasteiger partial charge in [-0.15, -0.1) is 0 Å². The zero-order chi connectivity index (χ0) is 16.8. The number of anilines is 1. The van der Waals surface area contributed by atoms with E-state index in [0.717, 1.165) is 31.0 Å². The number of rotatable bonds is 6. The molecule has 1 amide bonds. The van der Waals surface area contributed by atoms with Crippen LogP contribution < -0.4 is 10.6 Å². The number of amides is 1. The van der Waals surface area contributed by atoms with E-state index in [0.29, 0.717) is 6.42 Å². The average molecular weight is 324 g/mol. The van der Waals surface area contributed by atoms with E-state index in [1.165, 1.54) is 24.8 Å². The predicted molar refractivity (Wildman–Crippen MR) is 94.8 cm³/mol. The van der Waals surface area contributed by atoms with Gasteiger partial charge in [0.1, 0.15) is 0 Å². The lowest BCUT2D eigenvalue weighted by Crippen LogP contribution is -2.31. The largest absolute Gasteiger partial charge is 0.369 e. The van der Waals surface area contributed by atoms with Crippen molar-refractivity contribution in [3.8, 4) is 0 Å². The number of hydrogen-bond donors (Lipinski definition) is 1. The number of carbonyl (C=O) groups is 1. The molecule has 1 atom stereocenters. The van der Waals surface area contributed by atoms with E-state index < -0.39 is 0 Å². The Labute approximate surface area is 142 Å². The summed E-state index contributed by atoms with van der Waals surface area (Å²) in [5.74, 6) is 0.0885. The Hall–Kier alpha value is -2.43. The molecule has 24 heavy (non-hydrogen) atoms. The Morgan fingerprint density at radius 3 is 2.38 bits per heavy atom. The third kappa shape index (κ3) is 4.10. The summed E-state index contributed by atoms with van der Waals surface area (Å²) in [4.78, 5) is 23.0. The van der Waals surface area contributed by atoms with Crippen LogP contribution in [0.4, 0.5) is 5.95 Å². The van der Waals surface area contributed by atoms with Crippen LogP contribution in [-0.2, 0) is 11.2 Å². The highest BCUT2D eigenvalue weighted by Crippen LogP contribution is 2.22. The van der Waals surface area contributed by atoms with Crippen LogP contribution in [0.1, 0.15) is 42.7 Å². The average Bonchev–Trinajstić information content (AvgIpc) is 2.64. The molecule has 1 aliphatic heterocycles. The van der Waals surface area contributed by atoms with Crippen LogP contribution in [0.3, 0.4) is 0 Å². The van der Waals surface area contributed by atoms with Gasteiger partial charge in [0.05, 0.1) is 5.92 Å². The van der Waals surface area contributed by atoms with Crippen molar-refractivity contribution in [2.45, 2.75) is 38.0 Å². The van der Waals surface area contributed by atoms with Crippen molar-refractivity contribution in [3.05, 3.63) is 53.9 Å². The number of nitrogens with two attached hydrogens (primary N) is 1. The van der Waals surface area contributed by atoms with Crippen LogP contribution in [0.25, 0.3) is 0 Å². The van der Waals surface area contributed by atoms with Crippen molar-refractivity contribution in [2.75, 3.05) is 18.0 Å². The topological polar surface area (TPSA) is 72.1 Å². The normalized spacial score (nSPS) is 15.9. The second-order valence-electron chi connectivity index (χ2n) is 6.34. The lowest BCUT2D eigenvalue weighted by Gasteiger charge is -2.26. The summed E-state index contributed by atoms with van der Waals surface area (Å²) in [5, 5.41) is 0. The molecule has 1 saturated heterocycles. The minimum atomic E-state index is -0.347. The number of benzene rings is 1. The van der Waals surface area contributed by atoms with Gasteiger partial charge < -0.3 is 10.6 Å². The molecule has 0 aliphatic carbocycles. The molecule has 1 unspecified atom stereocenters. The number of piperidine rings is 1. The first-order chi connectivity index (χ1) is 11.7. The molecule has 0 saturated carbocycles. The highest BCUT2D eigenvalue weighted by atomic mass is 16.1. The van der Waals surface area contributed by atoms with Gasteiger partial charge in [-0.2, -0.15) is 0 Å². The Morgan fingerprint density at radius 1 is 1.08 bits per heavy atom. The molecule has 1 aromatic heterocycles. The lowest BCUT2D eigenvalue weighted by molar-refractivity contribution is -0.119. The molecule has 126 valence electrons. The van der Waals surface area contributed by atoms with Crippen LogP contribution in [0.2, 0.25) is 0 Å². The van der Waals surface area contributed by atoms with Crippen LogP contribution in [0, 0.1) is 0 Å². The SMILES string of the molecule is NC(=O)C(CCc1ccccc1)c1cnc(N2CCCCC2)nc1. The minimum absolute atomic E-state index is 0.319. The first-order valence-electron chi connectivity index (χ1n) is 8.64. The monoisotopic (exact) mass is 324 g/mol. The molecule has 2 aromatic rings. The molecule has 0 radical (unpaired) electrons. The van der Waals surface area contributed by atoms with Crippen molar-refractivity contribution in [1.29, 1.82) is 0 Å². The zero-order valence-corrected chi connectivity index (χ0v) is 13.9. The molecule has 5 heteroatoms. The van der Waals surface area contributed by atoms with Crippen LogP contribution in [-0.4, -0.2) is 29.0 Å². The second kappa shape index (κ2) is 7.90. The standard InChI is InChI=1S/C19H24N4O/c20-18(24)17(10-9-15-7-3-1-4-8-15)16-13-21-19(22-14-16)23-11-5-2-6-12-23/h1,3-4,7-8,13-14,17H,2,5-6,9-12H2,(H2,20,24). The van der Waals surface area contributed by atoms with E-state index >= 15 is 0 Å². The molecule has 1 aliphatic rings. The maximum Gasteiger partial charge on any atom is 0.225 e. The Morgan fingerprint density at radius 2 is 1.75 bits per heavy atom. The van der Waals surface area contributed by atoms with E-state index in [1.807, 2.05) is 18.2 Å². The summed E-state index contributed by atoms with van der Waals surface area (Å²) >= 11 is 0. The van der Waals surface area contributed by atoms with Crippen molar-refractivity contribution in [3.63, 3.8) is 0 Å². The van der Waals surface area contributed by atoms with Gasteiger partial charge in [-0.25, -0.2) is 9.97 Å². The Balaban J connectivity index is 1.68. The van der Waals surface area contributed by atoms with Gasteiger partial charge in [0.15, 0.2) is 0 Å². The summed E-state index contributed by atoms with van der Waals surface area (Å²) in [6.07, 6.45) is 8.65. The molecular formula is C19H24N4O. The van der Waals surface area contributed by atoms with Crippen LogP contribution in [0.5, 0.6) is 0 Å². The second-order valence-corrected chi connectivity index (χ2v) is 6.34. The summed E-state index contributed by atoms with van der Waals surface area (Å²) in [6, 6.07) is 10.1. The molecule has 2 N–H and O–H groups in total. The number of nitrogens with zero attached hydrogens (tertiary/aromatic N) is 3. The highest BCUT2D eigenvalue weighted by Gasteiger charge is 2.20. The van der Waals surface area contributed by atoms with Crippen LogP contribution >= 0.6 is 0 Å². The molecule has 5 nitrogen and oxygen atoms in total. The number of hydrogen-bond acceptors (Lipinski definition) is 4. The fourth-order valence-corrected chi connectivity index (χ4v) is 3.20. The first kappa shape index (κ1) is 16.4. The van der Waals surface area contributed by atoms with E-state index in [2.05, 4.69) is 27.0 Å². The Bertz CT molecular complexity index is 651. The molecular weight excluding hydrogens is 300 g/mol. The summed E-state index contributed by atoms with van der Waals surface area (Å²) in [5.41, 5.74) is 7.62. The summed E-state index contributed by atoms with van der Waals surface area (Å²) < 4.78 is 0. The first-order valence-corrected chi connectivity index (χ1v) is 8.64. The highest BCUT2D eigenvalue weighted by molar-refractivity contribution is 5.81. The van der Waals surface area contributed by atoms with Crippen LogP contribution in [0.15, 0.2) is 42.7 Å². The molecule has 1 fully saturated rings. The zero-order valence-electron chi connectivity index (χ0n) is 13.9. The van der Waals surface area contributed by atoms with Gasteiger partial charge in [-0.1, -0.05) is 30.3 Å². The van der Waals surface area contributed by atoms with E-state index in [-0.39, 0.29) is 11.8 Å². The summed E-state index contributed by atoms with van der Waals surface area (Å²) in [6.45, 7) is 2.01. The van der Waals surface area contributed by atoms with Crippen molar-refractivity contribution >= 4 is 11.9 Å².